The van der Waals surface area contributed by atoms with E-state index in [1.165, 1.54) is 18.5 Å². The van der Waals surface area contributed by atoms with Crippen molar-refractivity contribution < 1.29 is 0 Å². The van der Waals surface area contributed by atoms with Crippen LogP contribution in [0.1, 0.15) is 32.3 Å². The highest BCUT2D eigenvalue weighted by atomic mass is 15.2. The average Bonchev–Trinajstić information content (AvgIpc) is 3.06. The standard InChI is InChI=1S/C16H22N4/c1-12(2)18-13(3)15-11-17-20-9-6-14(10-16(15)20)19-7-4-5-8-19/h6,9-12,18H,3-5,7-8H2,1-2H3. The molecule has 20 heavy (non-hydrogen) atoms. The Bertz CT molecular complexity index is 620. The van der Waals surface area contributed by atoms with Crippen LogP contribution in [0, 0.1) is 0 Å². The van der Waals surface area contributed by atoms with Crippen LogP contribution < -0.4 is 10.2 Å². The number of nitrogens with one attached hydrogen (secondary N) is 1. The maximum atomic E-state index is 4.41. The van der Waals surface area contributed by atoms with E-state index in [2.05, 4.69) is 47.9 Å². The molecule has 4 heteroatoms. The van der Waals surface area contributed by atoms with Crippen molar-refractivity contribution in [2.24, 2.45) is 0 Å². The molecule has 1 fully saturated rings. The number of hydrogen-bond donors (Lipinski definition) is 1. The van der Waals surface area contributed by atoms with E-state index in [0.29, 0.717) is 6.04 Å². The highest BCUT2D eigenvalue weighted by Crippen LogP contribution is 2.25. The summed E-state index contributed by atoms with van der Waals surface area (Å²) in [5.41, 5.74) is 4.43. The third kappa shape index (κ3) is 2.38. The summed E-state index contributed by atoms with van der Waals surface area (Å²) in [6, 6.07) is 4.74. The largest absolute Gasteiger partial charge is 0.383 e. The second-order valence-electron chi connectivity index (χ2n) is 5.74. The monoisotopic (exact) mass is 270 g/mol. The van der Waals surface area contributed by atoms with Gasteiger partial charge in [-0.2, -0.15) is 5.10 Å². The molecule has 0 bridgehead atoms. The van der Waals surface area contributed by atoms with Gasteiger partial charge in [0, 0.05) is 42.3 Å². The summed E-state index contributed by atoms with van der Waals surface area (Å²) in [5, 5.41) is 7.78. The minimum absolute atomic E-state index is 0.374. The zero-order valence-electron chi connectivity index (χ0n) is 12.3. The van der Waals surface area contributed by atoms with Crippen LogP contribution in [0.3, 0.4) is 0 Å². The molecular formula is C16H22N4. The number of pyridine rings is 1. The van der Waals surface area contributed by atoms with Gasteiger partial charge in [0.2, 0.25) is 0 Å². The number of anilines is 1. The van der Waals surface area contributed by atoms with E-state index in [-0.39, 0.29) is 0 Å². The van der Waals surface area contributed by atoms with E-state index in [4.69, 9.17) is 0 Å². The summed E-state index contributed by atoms with van der Waals surface area (Å²) in [4.78, 5) is 2.44. The molecule has 0 saturated carbocycles. The molecule has 1 N–H and O–H groups in total. The number of aromatic nitrogens is 2. The van der Waals surface area contributed by atoms with E-state index in [1.807, 2.05) is 16.9 Å². The van der Waals surface area contributed by atoms with Crippen molar-refractivity contribution in [1.82, 2.24) is 14.9 Å². The third-order valence-corrected chi connectivity index (χ3v) is 3.76. The fourth-order valence-electron chi connectivity index (χ4n) is 2.80. The number of nitrogens with zero attached hydrogens (tertiary/aromatic N) is 3. The summed E-state index contributed by atoms with van der Waals surface area (Å²) in [7, 11) is 0. The highest BCUT2D eigenvalue weighted by Gasteiger charge is 2.15. The van der Waals surface area contributed by atoms with Gasteiger partial charge in [-0.3, -0.25) is 0 Å². The fourth-order valence-corrected chi connectivity index (χ4v) is 2.80. The molecule has 106 valence electrons. The zero-order valence-corrected chi connectivity index (χ0v) is 12.3. The van der Waals surface area contributed by atoms with Gasteiger partial charge in [0.05, 0.1) is 11.7 Å². The molecule has 0 spiro atoms. The Kier molecular flexibility index (Phi) is 3.38. The maximum Gasteiger partial charge on any atom is 0.0775 e. The first-order valence-corrected chi connectivity index (χ1v) is 7.33. The summed E-state index contributed by atoms with van der Waals surface area (Å²) in [5.74, 6) is 0. The van der Waals surface area contributed by atoms with Crippen LogP contribution in [0.2, 0.25) is 0 Å². The minimum Gasteiger partial charge on any atom is -0.383 e. The van der Waals surface area contributed by atoms with Crippen molar-refractivity contribution in [3.8, 4) is 0 Å². The van der Waals surface area contributed by atoms with Crippen molar-refractivity contribution in [3.63, 3.8) is 0 Å². The Morgan fingerprint density at radius 1 is 1.35 bits per heavy atom. The Balaban J connectivity index is 1.96. The molecule has 0 aromatic carbocycles. The SMILES string of the molecule is C=C(NC(C)C)c1cnn2ccc(N3CCCC3)cc12. The van der Waals surface area contributed by atoms with Crippen LogP contribution in [-0.2, 0) is 0 Å². The summed E-state index contributed by atoms with van der Waals surface area (Å²) in [6.07, 6.45) is 6.51. The minimum atomic E-state index is 0.374. The van der Waals surface area contributed by atoms with Gasteiger partial charge >= 0.3 is 0 Å². The van der Waals surface area contributed by atoms with Crippen molar-refractivity contribution in [2.75, 3.05) is 18.0 Å². The lowest BCUT2D eigenvalue weighted by molar-refractivity contribution is 0.719. The molecule has 3 heterocycles. The van der Waals surface area contributed by atoms with Crippen molar-refractivity contribution in [2.45, 2.75) is 32.7 Å². The highest BCUT2D eigenvalue weighted by molar-refractivity contribution is 5.78. The lowest BCUT2D eigenvalue weighted by atomic mass is 10.2. The molecule has 0 radical (unpaired) electrons. The average molecular weight is 270 g/mol. The van der Waals surface area contributed by atoms with Crippen LogP contribution >= 0.6 is 0 Å². The van der Waals surface area contributed by atoms with Gasteiger partial charge in [-0.25, -0.2) is 4.52 Å². The van der Waals surface area contributed by atoms with Crippen molar-refractivity contribution in [3.05, 3.63) is 36.7 Å². The van der Waals surface area contributed by atoms with Crippen LogP contribution in [0.15, 0.2) is 31.1 Å². The molecule has 0 unspecified atom stereocenters. The van der Waals surface area contributed by atoms with Gasteiger partial charge in [-0.15, -0.1) is 0 Å². The van der Waals surface area contributed by atoms with E-state index in [1.54, 1.807) is 0 Å². The third-order valence-electron chi connectivity index (χ3n) is 3.76. The molecule has 0 aliphatic carbocycles. The van der Waals surface area contributed by atoms with E-state index >= 15 is 0 Å². The first-order chi connectivity index (χ1) is 9.65. The second-order valence-corrected chi connectivity index (χ2v) is 5.74. The van der Waals surface area contributed by atoms with E-state index < -0.39 is 0 Å². The molecular weight excluding hydrogens is 248 g/mol. The number of fused-ring (bicyclic) bond motifs is 1. The molecule has 1 aliphatic heterocycles. The van der Waals surface area contributed by atoms with Gasteiger partial charge in [0.25, 0.3) is 0 Å². The summed E-state index contributed by atoms with van der Waals surface area (Å²) >= 11 is 0. The predicted octanol–water partition coefficient (Wildman–Crippen LogP) is 2.90. The first kappa shape index (κ1) is 13.0. The topological polar surface area (TPSA) is 32.6 Å². The van der Waals surface area contributed by atoms with Gasteiger partial charge in [-0.1, -0.05) is 6.58 Å². The van der Waals surface area contributed by atoms with Gasteiger partial charge in [0.15, 0.2) is 0 Å². The molecule has 2 aromatic heterocycles. The number of hydrogen-bond acceptors (Lipinski definition) is 3. The first-order valence-electron chi connectivity index (χ1n) is 7.33. The van der Waals surface area contributed by atoms with Crippen LogP contribution in [0.5, 0.6) is 0 Å². The van der Waals surface area contributed by atoms with E-state index in [9.17, 15) is 0 Å². The summed E-state index contributed by atoms with van der Waals surface area (Å²) in [6.45, 7) is 10.7. The van der Waals surface area contributed by atoms with Gasteiger partial charge < -0.3 is 10.2 Å². The zero-order chi connectivity index (χ0) is 14.1. The van der Waals surface area contributed by atoms with Crippen LogP contribution in [-0.4, -0.2) is 28.7 Å². The Morgan fingerprint density at radius 3 is 2.80 bits per heavy atom. The normalized spacial score (nSPS) is 15.2. The Hall–Kier alpha value is -1.97. The van der Waals surface area contributed by atoms with Crippen molar-refractivity contribution >= 4 is 16.9 Å². The van der Waals surface area contributed by atoms with Gasteiger partial charge in [-0.05, 0) is 38.8 Å². The molecule has 4 nitrogen and oxygen atoms in total. The van der Waals surface area contributed by atoms with Crippen LogP contribution in [0.25, 0.3) is 11.2 Å². The lowest BCUT2D eigenvalue weighted by Gasteiger charge is -2.18. The van der Waals surface area contributed by atoms with Crippen molar-refractivity contribution in [1.29, 1.82) is 0 Å². The smallest absolute Gasteiger partial charge is 0.0775 e. The van der Waals surface area contributed by atoms with E-state index in [0.717, 1.165) is 29.9 Å². The van der Waals surface area contributed by atoms with Gasteiger partial charge in [0.1, 0.15) is 0 Å². The molecule has 1 saturated heterocycles. The fraction of sp³-hybridized carbons (Fsp3) is 0.438. The molecule has 3 rings (SSSR count). The Labute approximate surface area is 120 Å². The Morgan fingerprint density at radius 2 is 2.10 bits per heavy atom. The molecule has 0 atom stereocenters. The predicted molar refractivity (Wildman–Crippen MR) is 83.9 cm³/mol. The molecule has 1 aliphatic rings. The summed E-state index contributed by atoms with van der Waals surface area (Å²) < 4.78 is 1.92. The number of rotatable bonds is 4. The maximum absolute atomic E-state index is 4.41. The molecule has 0 amide bonds. The molecule has 2 aromatic rings. The quantitative estimate of drug-likeness (QED) is 0.927. The van der Waals surface area contributed by atoms with Crippen LogP contribution in [0.4, 0.5) is 5.69 Å². The lowest BCUT2D eigenvalue weighted by Crippen LogP contribution is -2.20. The second kappa shape index (κ2) is 5.19.